The van der Waals surface area contributed by atoms with E-state index < -0.39 is 0 Å². The van der Waals surface area contributed by atoms with Crippen molar-refractivity contribution in [1.29, 1.82) is 0 Å². The standard InChI is InChI=1S/C30H48N2O/c1-3-5-7-9-10-11-12-13-14-15-17-19-27-20-22-28(23-21-27)30-31-25-29(26-32-30)33-24-18-16-8-6-4-2/h20-23,25-26H,3-19,24H2,1-2H3. The first-order valence-corrected chi connectivity index (χ1v) is 13.9. The van der Waals surface area contributed by atoms with Gasteiger partial charge < -0.3 is 4.74 Å². The second-order valence-electron chi connectivity index (χ2n) is 9.49. The molecule has 0 unspecified atom stereocenters. The van der Waals surface area contributed by atoms with E-state index in [1.54, 1.807) is 12.4 Å². The van der Waals surface area contributed by atoms with Crippen molar-refractivity contribution in [3.8, 4) is 17.1 Å². The first-order valence-electron chi connectivity index (χ1n) is 13.9. The van der Waals surface area contributed by atoms with E-state index in [1.807, 2.05) is 0 Å². The molecule has 33 heavy (non-hydrogen) atoms. The third-order valence-electron chi connectivity index (χ3n) is 6.43. The lowest BCUT2D eigenvalue weighted by Crippen LogP contribution is -1.99. The van der Waals surface area contributed by atoms with Gasteiger partial charge in [0.2, 0.25) is 0 Å². The van der Waals surface area contributed by atoms with Crippen LogP contribution in [0.25, 0.3) is 11.4 Å². The van der Waals surface area contributed by atoms with Crippen molar-refractivity contribution in [1.82, 2.24) is 9.97 Å². The zero-order valence-electron chi connectivity index (χ0n) is 21.5. The summed E-state index contributed by atoms with van der Waals surface area (Å²) in [7, 11) is 0. The molecule has 3 nitrogen and oxygen atoms in total. The molecule has 0 bridgehead atoms. The average Bonchev–Trinajstić information content (AvgIpc) is 2.85. The van der Waals surface area contributed by atoms with Crippen LogP contribution in [0, 0.1) is 0 Å². The maximum absolute atomic E-state index is 5.78. The summed E-state index contributed by atoms with van der Waals surface area (Å²) in [5.74, 6) is 1.54. The fourth-order valence-corrected chi connectivity index (χ4v) is 4.25. The maximum atomic E-state index is 5.78. The van der Waals surface area contributed by atoms with Crippen LogP contribution in [0.1, 0.15) is 122 Å². The van der Waals surface area contributed by atoms with Gasteiger partial charge in [0.15, 0.2) is 11.6 Å². The van der Waals surface area contributed by atoms with Crippen molar-refractivity contribution in [3.63, 3.8) is 0 Å². The highest BCUT2D eigenvalue weighted by molar-refractivity contribution is 5.55. The van der Waals surface area contributed by atoms with Crippen LogP contribution in [0.2, 0.25) is 0 Å². The number of benzene rings is 1. The number of nitrogens with zero attached hydrogens (tertiary/aromatic N) is 2. The Morgan fingerprint density at radius 3 is 1.61 bits per heavy atom. The van der Waals surface area contributed by atoms with Gasteiger partial charge in [0.1, 0.15) is 0 Å². The van der Waals surface area contributed by atoms with E-state index >= 15 is 0 Å². The molecule has 0 aliphatic heterocycles. The largest absolute Gasteiger partial charge is 0.490 e. The van der Waals surface area contributed by atoms with Gasteiger partial charge in [0.25, 0.3) is 0 Å². The van der Waals surface area contributed by atoms with Gasteiger partial charge in [-0.3, -0.25) is 0 Å². The van der Waals surface area contributed by atoms with E-state index in [1.165, 1.54) is 108 Å². The van der Waals surface area contributed by atoms with Crippen molar-refractivity contribution in [2.75, 3.05) is 6.61 Å². The van der Waals surface area contributed by atoms with E-state index in [4.69, 9.17) is 4.74 Å². The summed E-state index contributed by atoms with van der Waals surface area (Å²) in [6, 6.07) is 8.76. The Balaban J connectivity index is 1.57. The van der Waals surface area contributed by atoms with Crippen LogP contribution in [-0.2, 0) is 6.42 Å². The van der Waals surface area contributed by atoms with E-state index in [2.05, 4.69) is 48.1 Å². The second kappa shape index (κ2) is 18.5. The summed E-state index contributed by atoms with van der Waals surface area (Å²) in [6.45, 7) is 5.27. The van der Waals surface area contributed by atoms with Gasteiger partial charge in [-0.05, 0) is 24.8 Å². The number of rotatable bonds is 20. The number of aromatic nitrogens is 2. The van der Waals surface area contributed by atoms with Gasteiger partial charge in [0.05, 0.1) is 19.0 Å². The Hall–Kier alpha value is -1.90. The predicted octanol–water partition coefficient (Wildman–Crippen LogP) is 9.35. The zero-order chi connectivity index (χ0) is 23.4. The molecule has 0 fully saturated rings. The number of hydrogen-bond acceptors (Lipinski definition) is 3. The molecule has 0 amide bonds. The highest BCUT2D eigenvalue weighted by Crippen LogP contribution is 2.19. The van der Waals surface area contributed by atoms with Gasteiger partial charge in [-0.15, -0.1) is 0 Å². The summed E-state index contributed by atoms with van der Waals surface area (Å²) < 4.78 is 5.78. The monoisotopic (exact) mass is 452 g/mol. The van der Waals surface area contributed by atoms with Crippen LogP contribution in [0.4, 0.5) is 0 Å². The maximum Gasteiger partial charge on any atom is 0.159 e. The lowest BCUT2D eigenvalue weighted by Gasteiger charge is -2.07. The molecular formula is C30H48N2O. The van der Waals surface area contributed by atoms with E-state index in [0.29, 0.717) is 0 Å². The minimum absolute atomic E-state index is 0.750. The summed E-state index contributed by atoms with van der Waals surface area (Å²) in [4.78, 5) is 9.00. The molecule has 0 N–H and O–H groups in total. The summed E-state index contributed by atoms with van der Waals surface area (Å²) in [5, 5.41) is 0. The first kappa shape index (κ1) is 27.3. The quantitative estimate of drug-likeness (QED) is 0.188. The molecule has 0 atom stereocenters. The van der Waals surface area contributed by atoms with Gasteiger partial charge in [-0.1, -0.05) is 128 Å². The molecule has 2 aromatic rings. The van der Waals surface area contributed by atoms with Crippen molar-refractivity contribution < 1.29 is 4.74 Å². The van der Waals surface area contributed by atoms with Gasteiger partial charge >= 0.3 is 0 Å². The molecule has 0 saturated carbocycles. The lowest BCUT2D eigenvalue weighted by molar-refractivity contribution is 0.302. The van der Waals surface area contributed by atoms with Crippen LogP contribution in [0.3, 0.4) is 0 Å². The minimum atomic E-state index is 0.750. The fourth-order valence-electron chi connectivity index (χ4n) is 4.25. The van der Waals surface area contributed by atoms with Crippen molar-refractivity contribution in [2.24, 2.45) is 0 Å². The van der Waals surface area contributed by atoms with Crippen LogP contribution in [-0.4, -0.2) is 16.6 Å². The van der Waals surface area contributed by atoms with Crippen LogP contribution in [0.5, 0.6) is 5.75 Å². The first-order chi connectivity index (χ1) is 16.3. The second-order valence-corrected chi connectivity index (χ2v) is 9.49. The topological polar surface area (TPSA) is 35.0 Å². The number of hydrogen-bond donors (Lipinski definition) is 0. The Morgan fingerprint density at radius 2 is 1.06 bits per heavy atom. The summed E-state index contributed by atoms with van der Waals surface area (Å²) in [5.41, 5.74) is 2.49. The average molecular weight is 453 g/mol. The molecule has 0 saturated heterocycles. The van der Waals surface area contributed by atoms with Crippen LogP contribution < -0.4 is 4.74 Å². The molecule has 184 valence electrons. The predicted molar refractivity (Wildman–Crippen MR) is 142 cm³/mol. The van der Waals surface area contributed by atoms with Crippen molar-refractivity contribution in [3.05, 3.63) is 42.2 Å². The third kappa shape index (κ3) is 12.8. The van der Waals surface area contributed by atoms with Crippen LogP contribution >= 0.6 is 0 Å². The molecule has 1 heterocycles. The molecule has 0 aliphatic rings. The fraction of sp³-hybridized carbons (Fsp3) is 0.667. The molecule has 2 rings (SSSR count). The summed E-state index contributed by atoms with van der Waals surface area (Å²) in [6.07, 6.45) is 26.3. The number of aryl methyl sites for hydroxylation is 1. The molecule has 1 aromatic carbocycles. The van der Waals surface area contributed by atoms with E-state index in [-0.39, 0.29) is 0 Å². The van der Waals surface area contributed by atoms with Crippen molar-refractivity contribution in [2.45, 2.75) is 123 Å². The normalized spacial score (nSPS) is 11.1. The highest BCUT2D eigenvalue weighted by atomic mass is 16.5. The molecule has 1 aromatic heterocycles. The van der Waals surface area contributed by atoms with E-state index in [9.17, 15) is 0 Å². The highest BCUT2D eigenvalue weighted by Gasteiger charge is 2.03. The Kier molecular flexibility index (Phi) is 15.3. The third-order valence-corrected chi connectivity index (χ3v) is 6.43. The molecule has 3 heteroatoms. The smallest absolute Gasteiger partial charge is 0.159 e. The van der Waals surface area contributed by atoms with E-state index in [0.717, 1.165) is 30.2 Å². The van der Waals surface area contributed by atoms with Gasteiger partial charge in [-0.25, -0.2) is 9.97 Å². The minimum Gasteiger partial charge on any atom is -0.490 e. The number of ether oxygens (including phenoxy) is 1. The van der Waals surface area contributed by atoms with Gasteiger partial charge in [-0.2, -0.15) is 0 Å². The Labute approximate surface area is 203 Å². The molecule has 0 aliphatic carbocycles. The lowest BCUT2D eigenvalue weighted by atomic mass is 10.0. The van der Waals surface area contributed by atoms with Gasteiger partial charge in [0, 0.05) is 5.56 Å². The zero-order valence-corrected chi connectivity index (χ0v) is 21.5. The molecular weight excluding hydrogens is 404 g/mol. The molecule has 0 radical (unpaired) electrons. The SMILES string of the molecule is CCCCCCCCCCCCCc1ccc(-c2ncc(OCCCCCCC)cn2)cc1. The summed E-state index contributed by atoms with van der Waals surface area (Å²) >= 11 is 0. The number of unbranched alkanes of at least 4 members (excludes halogenated alkanes) is 14. The molecule has 0 spiro atoms. The Morgan fingerprint density at radius 1 is 0.576 bits per heavy atom. The van der Waals surface area contributed by atoms with Crippen molar-refractivity contribution >= 4 is 0 Å². The Bertz CT molecular complexity index is 696. The van der Waals surface area contributed by atoms with Crippen LogP contribution in [0.15, 0.2) is 36.7 Å².